The average molecular weight is 689 g/mol. The molecule has 3 aliphatic heterocycles. The number of hydrogen-bond donors (Lipinski definition) is 0. The van der Waals surface area contributed by atoms with Gasteiger partial charge in [-0.25, -0.2) is 4.79 Å². The van der Waals surface area contributed by atoms with E-state index < -0.39 is 17.8 Å². The molecule has 7 nitrogen and oxygen atoms in total. The van der Waals surface area contributed by atoms with Gasteiger partial charge in [0.25, 0.3) is 11.8 Å². The van der Waals surface area contributed by atoms with Gasteiger partial charge in [0.05, 0.1) is 0 Å². The lowest BCUT2D eigenvalue weighted by atomic mass is 9.81. The lowest BCUT2D eigenvalue weighted by Crippen LogP contribution is -2.53. The van der Waals surface area contributed by atoms with E-state index in [1.807, 2.05) is 0 Å². The standard InChI is InChI=1S/C45H44N4O3/c1-44(2)35(46(5)33-23-19-27-13-9-11-15-31(27)39(33)44)25-21-29-17-18-30(37(29)38-41(50)48(7)43(52)49(8)42(38)51)22-26-36-45(3,4)40-32-16-12-10-14-28(32)20-24-34(40)47(36)6/h9-16,19-26H,17-18H2,1-8H3/b29-21+,30-22+,35-25-,36-26-. The van der Waals surface area contributed by atoms with Gasteiger partial charge in [0.1, 0.15) is 5.57 Å². The molecule has 52 heavy (non-hydrogen) atoms. The van der Waals surface area contributed by atoms with Crippen molar-refractivity contribution >= 4 is 50.8 Å². The predicted molar refractivity (Wildman–Crippen MR) is 210 cm³/mol. The fourth-order valence-electron chi connectivity index (χ4n) is 9.17. The molecule has 0 aromatic heterocycles. The summed E-state index contributed by atoms with van der Waals surface area (Å²) in [6.07, 6.45) is 9.79. The summed E-state index contributed by atoms with van der Waals surface area (Å²) in [6.45, 7) is 9.01. The van der Waals surface area contributed by atoms with Gasteiger partial charge >= 0.3 is 6.03 Å². The maximum atomic E-state index is 13.8. The van der Waals surface area contributed by atoms with Crippen molar-refractivity contribution in [3.8, 4) is 0 Å². The van der Waals surface area contributed by atoms with Crippen molar-refractivity contribution in [1.82, 2.24) is 9.80 Å². The highest BCUT2D eigenvalue weighted by Crippen LogP contribution is 2.52. The largest absolute Gasteiger partial charge is 0.347 e. The highest BCUT2D eigenvalue weighted by atomic mass is 16.2. The molecular formula is C45H44N4O3. The Hall–Kier alpha value is -5.69. The Kier molecular flexibility index (Phi) is 7.51. The summed E-state index contributed by atoms with van der Waals surface area (Å²) in [6, 6.07) is 25.1. The molecule has 0 unspecified atom stereocenters. The van der Waals surface area contributed by atoms with E-state index in [-0.39, 0.29) is 16.4 Å². The number of urea groups is 1. The van der Waals surface area contributed by atoms with Gasteiger partial charge in [-0.05, 0) is 86.5 Å². The van der Waals surface area contributed by atoms with E-state index in [0.29, 0.717) is 18.4 Å². The van der Waals surface area contributed by atoms with Crippen LogP contribution in [0.5, 0.6) is 0 Å². The summed E-state index contributed by atoms with van der Waals surface area (Å²) < 4.78 is 0. The second-order valence-corrected chi connectivity index (χ2v) is 15.5. The van der Waals surface area contributed by atoms with E-state index in [1.165, 1.54) is 58.1 Å². The predicted octanol–water partition coefficient (Wildman–Crippen LogP) is 8.91. The zero-order valence-corrected chi connectivity index (χ0v) is 31.2. The number of carbonyl (C=O) groups is 3. The van der Waals surface area contributed by atoms with Gasteiger partial charge in [-0.2, -0.15) is 0 Å². The molecule has 1 saturated heterocycles. The summed E-state index contributed by atoms with van der Waals surface area (Å²) in [7, 11) is 7.08. The van der Waals surface area contributed by atoms with E-state index >= 15 is 0 Å². The molecule has 0 bridgehead atoms. The van der Waals surface area contributed by atoms with Crippen molar-refractivity contribution in [1.29, 1.82) is 0 Å². The summed E-state index contributed by atoms with van der Waals surface area (Å²) in [5.41, 5.74) is 9.04. The third kappa shape index (κ3) is 4.68. The maximum absolute atomic E-state index is 13.8. The molecule has 7 heteroatoms. The Balaban J connectivity index is 1.26. The number of benzene rings is 4. The highest BCUT2D eigenvalue weighted by molar-refractivity contribution is 6.29. The van der Waals surface area contributed by atoms with Crippen molar-refractivity contribution in [3.05, 3.63) is 142 Å². The molecule has 0 radical (unpaired) electrons. The summed E-state index contributed by atoms with van der Waals surface area (Å²) in [4.78, 5) is 47.1. The number of anilines is 2. The Labute approximate surface area is 305 Å². The van der Waals surface area contributed by atoms with E-state index in [9.17, 15) is 14.4 Å². The lowest BCUT2D eigenvalue weighted by Gasteiger charge is -2.30. The number of allylic oxidation sites excluding steroid dienone is 9. The SMILES string of the molecule is CN1C(=O)C(=C2/C(=C/C=C3\N(C)c4ccc5ccccc5c4C3(C)C)CC/C2=C\C=C2/N(C)c3ccc4ccccc4c3C2(C)C)C(=O)N(C)C1=O. The van der Waals surface area contributed by atoms with Crippen LogP contribution in [0.4, 0.5) is 16.2 Å². The van der Waals surface area contributed by atoms with Crippen LogP contribution in [0.15, 0.2) is 131 Å². The van der Waals surface area contributed by atoms with Gasteiger partial charge in [0, 0.05) is 61.8 Å². The van der Waals surface area contributed by atoms with Crippen LogP contribution in [0.1, 0.15) is 51.7 Å². The third-order valence-electron chi connectivity index (χ3n) is 11.8. The number of imide groups is 2. The van der Waals surface area contributed by atoms with E-state index in [0.717, 1.165) is 32.3 Å². The molecule has 4 amide bonds. The van der Waals surface area contributed by atoms with E-state index in [4.69, 9.17) is 0 Å². The number of barbiturate groups is 1. The van der Waals surface area contributed by atoms with Crippen LogP contribution in [0.3, 0.4) is 0 Å². The van der Waals surface area contributed by atoms with Gasteiger partial charge in [0.15, 0.2) is 0 Å². The summed E-state index contributed by atoms with van der Waals surface area (Å²) >= 11 is 0. The minimum Gasteiger partial charge on any atom is -0.347 e. The van der Waals surface area contributed by atoms with Crippen LogP contribution in [0.2, 0.25) is 0 Å². The second-order valence-electron chi connectivity index (χ2n) is 15.5. The minimum absolute atomic E-state index is 0.0398. The Morgan fingerprint density at radius 2 is 0.904 bits per heavy atom. The molecule has 4 aliphatic rings. The average Bonchev–Trinajstić information content (AvgIpc) is 3.68. The first-order valence-electron chi connectivity index (χ1n) is 17.9. The van der Waals surface area contributed by atoms with Crippen molar-refractivity contribution in [2.24, 2.45) is 0 Å². The van der Waals surface area contributed by atoms with Crippen LogP contribution in [0.25, 0.3) is 21.5 Å². The van der Waals surface area contributed by atoms with Crippen LogP contribution < -0.4 is 9.80 Å². The van der Waals surface area contributed by atoms with Crippen LogP contribution in [0, 0.1) is 0 Å². The van der Waals surface area contributed by atoms with Crippen LogP contribution >= 0.6 is 0 Å². The second kappa shape index (κ2) is 11.7. The van der Waals surface area contributed by atoms with Gasteiger partial charge in [-0.1, -0.05) is 101 Å². The van der Waals surface area contributed by atoms with Gasteiger partial charge in [0.2, 0.25) is 0 Å². The Morgan fingerprint density at radius 1 is 0.500 bits per heavy atom. The van der Waals surface area contributed by atoms with Crippen LogP contribution in [-0.4, -0.2) is 55.8 Å². The summed E-state index contributed by atoms with van der Waals surface area (Å²) in [5, 5.41) is 4.88. The molecule has 3 heterocycles. The molecule has 0 spiro atoms. The number of fused-ring (bicyclic) bond motifs is 6. The summed E-state index contributed by atoms with van der Waals surface area (Å²) in [5.74, 6) is -1.15. The Morgan fingerprint density at radius 3 is 1.33 bits per heavy atom. The molecule has 4 aromatic rings. The normalized spacial score (nSPS) is 22.8. The number of nitrogens with zero attached hydrogens (tertiary/aromatic N) is 4. The van der Waals surface area contributed by atoms with Crippen molar-refractivity contribution in [2.45, 2.75) is 51.4 Å². The first-order chi connectivity index (χ1) is 24.7. The van der Waals surface area contributed by atoms with Crippen LogP contribution in [-0.2, 0) is 20.4 Å². The maximum Gasteiger partial charge on any atom is 0.333 e. The first-order valence-corrected chi connectivity index (χ1v) is 17.9. The molecule has 0 atom stereocenters. The Bertz CT molecular complexity index is 2270. The molecule has 262 valence electrons. The van der Waals surface area contributed by atoms with Crippen molar-refractivity contribution in [3.63, 3.8) is 0 Å². The first kappa shape index (κ1) is 33.5. The highest BCUT2D eigenvalue weighted by Gasteiger charge is 2.44. The zero-order valence-electron chi connectivity index (χ0n) is 31.2. The van der Waals surface area contributed by atoms with E-state index in [2.05, 4.69) is 149 Å². The monoisotopic (exact) mass is 688 g/mol. The molecule has 2 fully saturated rings. The van der Waals surface area contributed by atoms with Crippen molar-refractivity contribution < 1.29 is 14.4 Å². The molecule has 0 N–H and O–H groups in total. The minimum atomic E-state index is -0.628. The zero-order chi connectivity index (χ0) is 36.9. The van der Waals surface area contributed by atoms with Crippen molar-refractivity contribution in [2.75, 3.05) is 38.0 Å². The molecule has 8 rings (SSSR count). The third-order valence-corrected chi connectivity index (χ3v) is 11.8. The fourth-order valence-corrected chi connectivity index (χ4v) is 9.17. The molecule has 4 aromatic carbocycles. The number of hydrogen-bond acceptors (Lipinski definition) is 5. The topological polar surface area (TPSA) is 64.2 Å². The number of rotatable bonds is 2. The number of amides is 4. The van der Waals surface area contributed by atoms with Gasteiger partial charge in [-0.3, -0.25) is 19.4 Å². The number of carbonyl (C=O) groups excluding carboxylic acids is 3. The molecular weight excluding hydrogens is 645 g/mol. The molecule has 1 aliphatic carbocycles. The molecule has 1 saturated carbocycles. The van der Waals surface area contributed by atoms with Gasteiger partial charge < -0.3 is 9.80 Å². The smallest absolute Gasteiger partial charge is 0.333 e. The lowest BCUT2D eigenvalue weighted by molar-refractivity contribution is -0.134. The van der Waals surface area contributed by atoms with Gasteiger partial charge in [-0.15, -0.1) is 0 Å². The fraction of sp³-hybridized carbons (Fsp3) is 0.267. The quantitative estimate of drug-likeness (QED) is 0.156. The number of likely N-dealkylation sites (N-methyl/N-ethyl adjacent to an activating group) is 4. The van der Waals surface area contributed by atoms with E-state index in [1.54, 1.807) is 0 Å².